The fourth-order valence-corrected chi connectivity index (χ4v) is 1.18. The van der Waals surface area contributed by atoms with Crippen molar-refractivity contribution in [3.05, 3.63) is 34.9 Å². The molecule has 0 bridgehead atoms. The van der Waals surface area contributed by atoms with Gasteiger partial charge in [-0.1, -0.05) is 29.8 Å². The number of benzene rings is 1. The van der Waals surface area contributed by atoms with Gasteiger partial charge in [-0.2, -0.15) is 0 Å². The molecule has 1 aromatic rings. The average Bonchev–Trinajstić information content (AvgIpc) is 2.04. The lowest BCUT2D eigenvalue weighted by molar-refractivity contribution is 0.737. The molecular weight excluding hydrogens is 230 g/mol. The molecule has 0 saturated carbocycles. The zero-order valence-corrected chi connectivity index (χ0v) is 9.33. The largest absolute Gasteiger partial charge is 0.329 e. The van der Waals surface area contributed by atoms with Gasteiger partial charge in [-0.05, 0) is 11.6 Å². The Labute approximate surface area is 95.5 Å². The normalized spacial score (nSPS) is 11.0. The first-order valence-electron chi connectivity index (χ1n) is 3.45. The van der Waals surface area contributed by atoms with E-state index >= 15 is 0 Å². The quantitative estimate of drug-likeness (QED) is 0.836. The summed E-state index contributed by atoms with van der Waals surface area (Å²) in [6.07, 6.45) is 0. The van der Waals surface area contributed by atoms with Gasteiger partial charge in [0.15, 0.2) is 0 Å². The van der Waals surface area contributed by atoms with Crippen LogP contribution >= 0.6 is 36.4 Å². The molecule has 0 aliphatic rings. The van der Waals surface area contributed by atoms with Crippen LogP contribution in [0.3, 0.4) is 0 Å². The average molecular weight is 244 g/mol. The Morgan fingerprint density at radius 1 is 1.23 bits per heavy atom. The van der Waals surface area contributed by atoms with E-state index in [1.54, 1.807) is 0 Å². The summed E-state index contributed by atoms with van der Waals surface area (Å²) in [6, 6.07) is 7.32. The smallest absolute Gasteiger partial charge is 0.0454 e. The summed E-state index contributed by atoms with van der Waals surface area (Å²) in [5.74, 6) is 0. The summed E-state index contributed by atoms with van der Waals surface area (Å²) in [6.45, 7) is 0.420. The minimum absolute atomic E-state index is 0. The molecule has 0 fully saturated rings. The highest BCUT2D eigenvalue weighted by Gasteiger charge is 2.05. The van der Waals surface area contributed by atoms with Crippen LogP contribution in [0.2, 0.25) is 5.02 Å². The second-order valence-corrected chi connectivity index (χ2v) is 2.77. The van der Waals surface area contributed by atoms with E-state index in [4.69, 9.17) is 23.1 Å². The van der Waals surface area contributed by atoms with Gasteiger partial charge >= 0.3 is 0 Å². The third-order valence-corrected chi connectivity index (χ3v) is 1.90. The van der Waals surface area contributed by atoms with Crippen molar-refractivity contribution in [2.45, 2.75) is 6.04 Å². The molecule has 0 amide bonds. The van der Waals surface area contributed by atoms with E-state index < -0.39 is 0 Å². The lowest BCUT2D eigenvalue weighted by atomic mass is 10.1. The Kier molecular flexibility index (Phi) is 8.83. The Balaban J connectivity index is 0. The lowest BCUT2D eigenvalue weighted by Gasteiger charge is -2.09. The second kappa shape index (κ2) is 7.42. The van der Waals surface area contributed by atoms with Gasteiger partial charge in [-0.15, -0.1) is 24.8 Å². The Morgan fingerprint density at radius 3 is 2.23 bits per heavy atom. The highest BCUT2D eigenvalue weighted by Crippen LogP contribution is 2.19. The molecule has 0 spiro atoms. The van der Waals surface area contributed by atoms with Crippen LogP contribution < -0.4 is 11.5 Å². The van der Waals surface area contributed by atoms with Crippen molar-refractivity contribution < 1.29 is 0 Å². The number of nitrogens with two attached hydrogens (primary N) is 2. The van der Waals surface area contributed by atoms with Crippen molar-refractivity contribution in [2.75, 3.05) is 6.54 Å². The van der Waals surface area contributed by atoms with Crippen LogP contribution in [0.1, 0.15) is 11.6 Å². The molecule has 2 nitrogen and oxygen atoms in total. The van der Waals surface area contributed by atoms with Gasteiger partial charge in [0.1, 0.15) is 0 Å². The van der Waals surface area contributed by atoms with E-state index in [9.17, 15) is 0 Å². The second-order valence-electron chi connectivity index (χ2n) is 2.36. The van der Waals surface area contributed by atoms with Gasteiger partial charge in [0.05, 0.1) is 0 Å². The topological polar surface area (TPSA) is 52.0 Å². The van der Waals surface area contributed by atoms with Gasteiger partial charge in [0.25, 0.3) is 0 Å². The Bertz CT molecular complexity index is 243. The predicted octanol–water partition coefficient (Wildman–Crippen LogP) is 2.14. The van der Waals surface area contributed by atoms with Gasteiger partial charge in [0.2, 0.25) is 0 Å². The molecular formula is C8H13Cl3N2. The highest BCUT2D eigenvalue weighted by molar-refractivity contribution is 6.31. The first-order valence-corrected chi connectivity index (χ1v) is 3.83. The minimum Gasteiger partial charge on any atom is -0.329 e. The number of halogens is 3. The Hall–Kier alpha value is 0.01000. The maximum atomic E-state index is 5.86. The van der Waals surface area contributed by atoms with Crippen molar-refractivity contribution in [1.82, 2.24) is 0 Å². The third-order valence-electron chi connectivity index (χ3n) is 1.56. The minimum atomic E-state index is -0.149. The van der Waals surface area contributed by atoms with Crippen molar-refractivity contribution in [2.24, 2.45) is 11.5 Å². The van der Waals surface area contributed by atoms with E-state index in [1.807, 2.05) is 24.3 Å². The molecule has 1 atom stereocenters. The molecule has 0 heterocycles. The highest BCUT2D eigenvalue weighted by atomic mass is 35.5. The maximum Gasteiger partial charge on any atom is 0.0454 e. The molecule has 13 heavy (non-hydrogen) atoms. The molecule has 5 heteroatoms. The third kappa shape index (κ3) is 4.16. The Morgan fingerprint density at radius 2 is 1.77 bits per heavy atom. The van der Waals surface area contributed by atoms with E-state index in [0.29, 0.717) is 11.6 Å². The molecule has 0 aliphatic carbocycles. The molecule has 0 radical (unpaired) electrons. The number of hydrogen-bond donors (Lipinski definition) is 2. The summed E-state index contributed by atoms with van der Waals surface area (Å²) in [5.41, 5.74) is 12.0. The molecule has 1 rings (SSSR count). The molecule has 0 saturated heterocycles. The first kappa shape index (κ1) is 15.5. The number of rotatable bonds is 2. The fourth-order valence-electron chi connectivity index (χ4n) is 0.903. The molecule has 0 aliphatic heterocycles. The van der Waals surface area contributed by atoms with Crippen LogP contribution in [0, 0.1) is 0 Å². The summed E-state index contributed by atoms with van der Waals surface area (Å²) < 4.78 is 0. The molecule has 4 N–H and O–H groups in total. The standard InChI is InChI=1S/C8H11ClN2.2ClH/c9-7-4-2-1-3-6(7)8(11)5-10;;/h1-4,8H,5,10-11H2;2*1H/t8-;;/m1../s1. The van der Waals surface area contributed by atoms with Crippen LogP contribution in [-0.2, 0) is 0 Å². The zero-order chi connectivity index (χ0) is 8.27. The maximum absolute atomic E-state index is 5.86. The van der Waals surface area contributed by atoms with Crippen molar-refractivity contribution in [3.63, 3.8) is 0 Å². The molecule has 0 unspecified atom stereocenters. The summed E-state index contributed by atoms with van der Waals surface area (Å²) in [4.78, 5) is 0. The van der Waals surface area contributed by atoms with Crippen LogP contribution in [0.25, 0.3) is 0 Å². The monoisotopic (exact) mass is 242 g/mol. The van der Waals surface area contributed by atoms with Crippen LogP contribution in [0.15, 0.2) is 24.3 Å². The summed E-state index contributed by atoms with van der Waals surface area (Å²) in [5, 5.41) is 0.686. The predicted molar refractivity (Wildman–Crippen MR) is 61.9 cm³/mol. The van der Waals surface area contributed by atoms with Gasteiger partial charge in [0, 0.05) is 17.6 Å². The van der Waals surface area contributed by atoms with Crippen LogP contribution in [0.4, 0.5) is 0 Å². The number of hydrogen-bond acceptors (Lipinski definition) is 2. The molecule has 1 aromatic carbocycles. The first-order chi connectivity index (χ1) is 5.25. The lowest BCUT2D eigenvalue weighted by Crippen LogP contribution is -2.20. The molecule has 0 aromatic heterocycles. The van der Waals surface area contributed by atoms with E-state index in [1.165, 1.54) is 0 Å². The SMILES string of the molecule is Cl.Cl.NC[C@@H](N)c1ccccc1Cl. The van der Waals surface area contributed by atoms with Crippen molar-refractivity contribution >= 4 is 36.4 Å². The fraction of sp³-hybridized carbons (Fsp3) is 0.250. The van der Waals surface area contributed by atoms with Gasteiger partial charge in [-0.25, -0.2) is 0 Å². The van der Waals surface area contributed by atoms with Gasteiger partial charge in [-0.3, -0.25) is 0 Å². The summed E-state index contributed by atoms with van der Waals surface area (Å²) >= 11 is 5.86. The van der Waals surface area contributed by atoms with E-state index in [-0.39, 0.29) is 30.9 Å². The van der Waals surface area contributed by atoms with Crippen molar-refractivity contribution in [3.8, 4) is 0 Å². The zero-order valence-electron chi connectivity index (χ0n) is 6.94. The van der Waals surface area contributed by atoms with Crippen molar-refractivity contribution in [1.29, 1.82) is 0 Å². The van der Waals surface area contributed by atoms with Crippen LogP contribution in [0.5, 0.6) is 0 Å². The molecule has 76 valence electrons. The van der Waals surface area contributed by atoms with E-state index in [0.717, 1.165) is 5.56 Å². The van der Waals surface area contributed by atoms with Crippen LogP contribution in [-0.4, -0.2) is 6.54 Å². The summed E-state index contributed by atoms with van der Waals surface area (Å²) in [7, 11) is 0. The van der Waals surface area contributed by atoms with Gasteiger partial charge < -0.3 is 11.5 Å². The van der Waals surface area contributed by atoms with E-state index in [2.05, 4.69) is 0 Å².